The number of nitrogens with one attached hydrogen (secondary N) is 1. The number of hydrogen-bond donors (Lipinski definition) is 2. The summed E-state index contributed by atoms with van der Waals surface area (Å²) < 4.78 is 0. The van der Waals surface area contributed by atoms with Crippen LogP contribution in [0.4, 0.5) is 5.13 Å². The summed E-state index contributed by atoms with van der Waals surface area (Å²) in [6.07, 6.45) is 0. The smallest absolute Gasteiger partial charge is 0.271 e. The van der Waals surface area contributed by atoms with Crippen LogP contribution in [0.3, 0.4) is 0 Å². The third-order valence-electron chi connectivity index (χ3n) is 2.47. The number of nitrogens with two attached hydrogens (primary N) is 1. The Labute approximate surface area is 114 Å². The maximum absolute atomic E-state index is 11.9. The molecule has 0 radical (unpaired) electrons. The van der Waals surface area contributed by atoms with E-state index >= 15 is 0 Å². The first kappa shape index (κ1) is 12.9. The molecule has 0 fully saturated rings. The Hall–Kier alpha value is -1.59. The van der Waals surface area contributed by atoms with Crippen molar-refractivity contribution in [1.29, 1.82) is 0 Å². The van der Waals surface area contributed by atoms with Gasteiger partial charge in [0.15, 0.2) is 5.13 Å². The van der Waals surface area contributed by atoms with Crippen molar-refractivity contribution in [2.24, 2.45) is 0 Å². The van der Waals surface area contributed by atoms with Crippen molar-refractivity contribution >= 4 is 34.0 Å². The second-order valence-corrected chi connectivity index (χ2v) is 5.14. The van der Waals surface area contributed by atoms with E-state index in [9.17, 15) is 4.79 Å². The van der Waals surface area contributed by atoms with Crippen LogP contribution in [0.1, 0.15) is 29.0 Å². The van der Waals surface area contributed by atoms with Gasteiger partial charge in [0.05, 0.1) is 6.04 Å². The number of nitrogen functional groups attached to an aromatic ring is 1. The van der Waals surface area contributed by atoms with E-state index in [4.69, 9.17) is 17.3 Å². The fraction of sp³-hybridized carbons (Fsp3) is 0.167. The molecule has 0 spiro atoms. The van der Waals surface area contributed by atoms with E-state index in [-0.39, 0.29) is 11.9 Å². The van der Waals surface area contributed by atoms with Gasteiger partial charge < -0.3 is 11.1 Å². The maximum atomic E-state index is 11.9. The van der Waals surface area contributed by atoms with Gasteiger partial charge in [-0.2, -0.15) is 0 Å². The fourth-order valence-corrected chi connectivity index (χ4v) is 2.17. The van der Waals surface area contributed by atoms with Crippen molar-refractivity contribution < 1.29 is 4.79 Å². The normalized spacial score (nSPS) is 12.1. The van der Waals surface area contributed by atoms with Crippen molar-refractivity contribution in [3.8, 4) is 0 Å². The van der Waals surface area contributed by atoms with E-state index in [1.165, 1.54) is 11.3 Å². The third kappa shape index (κ3) is 3.00. The highest BCUT2D eigenvalue weighted by Crippen LogP contribution is 2.17. The van der Waals surface area contributed by atoms with Gasteiger partial charge in [-0.05, 0) is 24.6 Å². The van der Waals surface area contributed by atoms with Crippen LogP contribution in [-0.4, -0.2) is 10.9 Å². The number of halogens is 1. The molecule has 1 aromatic heterocycles. The molecule has 0 aliphatic rings. The zero-order valence-electron chi connectivity index (χ0n) is 9.68. The zero-order chi connectivity index (χ0) is 13.1. The maximum Gasteiger partial charge on any atom is 0.271 e. The molecule has 4 nitrogen and oxygen atoms in total. The van der Waals surface area contributed by atoms with E-state index in [0.717, 1.165) is 5.56 Å². The minimum absolute atomic E-state index is 0.113. The number of nitrogens with zero attached hydrogens (tertiary/aromatic N) is 1. The second kappa shape index (κ2) is 5.37. The molecule has 0 saturated heterocycles. The molecule has 6 heteroatoms. The number of aromatic nitrogens is 1. The molecule has 0 aliphatic heterocycles. The van der Waals surface area contributed by atoms with Gasteiger partial charge in [0.1, 0.15) is 5.69 Å². The summed E-state index contributed by atoms with van der Waals surface area (Å²) in [6.45, 7) is 1.90. The van der Waals surface area contributed by atoms with Crippen molar-refractivity contribution in [2.75, 3.05) is 5.73 Å². The zero-order valence-corrected chi connectivity index (χ0v) is 11.3. The van der Waals surface area contributed by atoms with Crippen molar-refractivity contribution in [1.82, 2.24) is 10.3 Å². The summed E-state index contributed by atoms with van der Waals surface area (Å²) in [7, 11) is 0. The second-order valence-electron chi connectivity index (χ2n) is 3.82. The highest BCUT2D eigenvalue weighted by Gasteiger charge is 2.13. The number of thiazole rings is 1. The Morgan fingerprint density at radius 1 is 1.44 bits per heavy atom. The number of amides is 1. The number of carbonyl (C=O) groups excluding carboxylic acids is 1. The molecule has 1 heterocycles. The Morgan fingerprint density at radius 3 is 2.67 bits per heavy atom. The van der Waals surface area contributed by atoms with Gasteiger partial charge in [-0.3, -0.25) is 4.79 Å². The summed E-state index contributed by atoms with van der Waals surface area (Å²) in [4.78, 5) is 15.8. The lowest BCUT2D eigenvalue weighted by Gasteiger charge is -2.13. The van der Waals surface area contributed by atoms with Crippen molar-refractivity contribution in [3.63, 3.8) is 0 Å². The Morgan fingerprint density at radius 2 is 2.11 bits per heavy atom. The highest BCUT2D eigenvalue weighted by molar-refractivity contribution is 7.13. The molecule has 0 bridgehead atoms. The van der Waals surface area contributed by atoms with Crippen LogP contribution in [0, 0.1) is 0 Å². The summed E-state index contributed by atoms with van der Waals surface area (Å²) >= 11 is 7.06. The van der Waals surface area contributed by atoms with Crippen LogP contribution in [0.25, 0.3) is 0 Å². The minimum atomic E-state index is -0.231. The first-order valence-electron chi connectivity index (χ1n) is 5.33. The highest BCUT2D eigenvalue weighted by atomic mass is 35.5. The molecular formula is C12H12ClN3OS. The van der Waals surface area contributed by atoms with Crippen LogP contribution < -0.4 is 11.1 Å². The monoisotopic (exact) mass is 281 g/mol. The first-order chi connectivity index (χ1) is 8.56. The lowest BCUT2D eigenvalue weighted by molar-refractivity contribution is 0.0935. The van der Waals surface area contributed by atoms with Crippen LogP contribution in [0.2, 0.25) is 5.02 Å². The Kier molecular flexibility index (Phi) is 3.84. The Balaban J connectivity index is 2.05. The standard InChI is InChI=1S/C12H12ClN3OS/c1-7(8-2-4-9(13)5-3-8)15-11(17)10-6-18-12(14)16-10/h2-7H,1H3,(H2,14,16)(H,15,17)/t7-/m1/s1. The van der Waals surface area contributed by atoms with Crippen LogP contribution in [0.15, 0.2) is 29.6 Å². The molecule has 18 heavy (non-hydrogen) atoms. The van der Waals surface area contributed by atoms with E-state index in [2.05, 4.69) is 10.3 Å². The number of anilines is 1. The van der Waals surface area contributed by atoms with E-state index in [1.54, 1.807) is 17.5 Å². The van der Waals surface area contributed by atoms with Gasteiger partial charge in [-0.1, -0.05) is 23.7 Å². The lowest BCUT2D eigenvalue weighted by atomic mass is 10.1. The van der Waals surface area contributed by atoms with Crippen molar-refractivity contribution in [3.05, 3.63) is 45.9 Å². The van der Waals surface area contributed by atoms with Gasteiger partial charge in [0.25, 0.3) is 5.91 Å². The molecule has 3 N–H and O–H groups in total. The van der Waals surface area contributed by atoms with Gasteiger partial charge in [-0.15, -0.1) is 11.3 Å². The summed E-state index contributed by atoms with van der Waals surface area (Å²) in [5.41, 5.74) is 6.82. The van der Waals surface area contributed by atoms with E-state index in [1.807, 2.05) is 19.1 Å². The Bertz CT molecular complexity index is 553. The molecule has 0 unspecified atom stereocenters. The third-order valence-corrected chi connectivity index (χ3v) is 3.40. The van der Waals surface area contributed by atoms with E-state index < -0.39 is 0 Å². The van der Waals surface area contributed by atoms with E-state index in [0.29, 0.717) is 15.8 Å². The van der Waals surface area contributed by atoms with Gasteiger partial charge in [-0.25, -0.2) is 4.98 Å². The number of carbonyl (C=O) groups is 1. The molecule has 0 saturated carbocycles. The molecule has 1 amide bonds. The van der Waals surface area contributed by atoms with Crippen LogP contribution in [-0.2, 0) is 0 Å². The molecular weight excluding hydrogens is 270 g/mol. The van der Waals surface area contributed by atoms with Gasteiger partial charge >= 0.3 is 0 Å². The molecule has 1 atom stereocenters. The van der Waals surface area contributed by atoms with Crippen molar-refractivity contribution in [2.45, 2.75) is 13.0 Å². The molecule has 2 aromatic rings. The average molecular weight is 282 g/mol. The minimum Gasteiger partial charge on any atom is -0.375 e. The predicted molar refractivity (Wildman–Crippen MR) is 73.9 cm³/mol. The largest absolute Gasteiger partial charge is 0.375 e. The topological polar surface area (TPSA) is 68.0 Å². The summed E-state index contributed by atoms with van der Waals surface area (Å²) in [5.74, 6) is -0.231. The summed E-state index contributed by atoms with van der Waals surface area (Å²) in [6, 6.07) is 7.23. The number of hydrogen-bond acceptors (Lipinski definition) is 4. The van der Waals surface area contributed by atoms with Crippen LogP contribution in [0.5, 0.6) is 0 Å². The summed E-state index contributed by atoms with van der Waals surface area (Å²) in [5, 5.41) is 5.55. The number of rotatable bonds is 3. The van der Waals surface area contributed by atoms with Gasteiger partial charge in [0, 0.05) is 10.4 Å². The van der Waals surface area contributed by atoms with Gasteiger partial charge in [0.2, 0.25) is 0 Å². The molecule has 1 aromatic carbocycles. The first-order valence-corrected chi connectivity index (χ1v) is 6.59. The predicted octanol–water partition coefficient (Wildman–Crippen LogP) is 2.87. The lowest BCUT2D eigenvalue weighted by Crippen LogP contribution is -2.26. The average Bonchev–Trinajstić information content (AvgIpc) is 2.76. The quantitative estimate of drug-likeness (QED) is 0.909. The molecule has 94 valence electrons. The fourth-order valence-electron chi connectivity index (χ4n) is 1.50. The SMILES string of the molecule is C[C@@H](NC(=O)c1csc(N)n1)c1ccc(Cl)cc1. The van der Waals surface area contributed by atoms with Crippen LogP contribution >= 0.6 is 22.9 Å². The number of benzene rings is 1. The molecule has 0 aliphatic carbocycles. The molecule has 2 rings (SSSR count).